The van der Waals surface area contributed by atoms with Crippen LogP contribution in [0.2, 0.25) is 0 Å². The summed E-state index contributed by atoms with van der Waals surface area (Å²) in [6.45, 7) is 4.38. The number of phenolic OH excluding ortho intramolecular Hbond substituents is 2. The van der Waals surface area contributed by atoms with Crippen molar-refractivity contribution in [2.75, 3.05) is 13.1 Å². The summed E-state index contributed by atoms with van der Waals surface area (Å²) in [5, 5.41) is 22.7. The average molecular weight is 459 g/mol. The summed E-state index contributed by atoms with van der Waals surface area (Å²) in [5.41, 5.74) is 2.00. The highest BCUT2D eigenvalue weighted by molar-refractivity contribution is 7.89. The standard InChI is InChI=1S/C23H26N2O4S2/c1-16-5-2-3-7-19(16)20-13-23(22(27)14-21(20)26)31(28,29)24-17-8-10-25(11-9-17)15-18-6-4-12-30-18/h2-7,12-14,17,24,26-27H,8-11,15H2,1H3. The van der Waals surface area contributed by atoms with E-state index in [0.29, 0.717) is 18.4 Å². The lowest BCUT2D eigenvalue weighted by molar-refractivity contribution is 0.201. The van der Waals surface area contributed by atoms with Gasteiger partial charge in [-0.15, -0.1) is 11.3 Å². The Balaban J connectivity index is 1.50. The Morgan fingerprint density at radius 1 is 1.03 bits per heavy atom. The van der Waals surface area contributed by atoms with Gasteiger partial charge in [0.1, 0.15) is 16.4 Å². The van der Waals surface area contributed by atoms with Crippen LogP contribution >= 0.6 is 11.3 Å². The molecule has 1 aliphatic heterocycles. The summed E-state index contributed by atoms with van der Waals surface area (Å²) in [6, 6.07) is 13.8. The number of thiophene rings is 1. The highest BCUT2D eigenvalue weighted by Crippen LogP contribution is 2.38. The first-order valence-corrected chi connectivity index (χ1v) is 12.6. The predicted octanol–water partition coefficient (Wildman–Crippen LogP) is 4.08. The number of likely N-dealkylation sites (tertiary alicyclic amines) is 1. The molecule has 1 fully saturated rings. The number of aromatic hydroxyl groups is 2. The monoisotopic (exact) mass is 458 g/mol. The molecular formula is C23H26N2O4S2. The van der Waals surface area contributed by atoms with Gasteiger partial charge in [0.15, 0.2) is 0 Å². The van der Waals surface area contributed by atoms with Crippen molar-refractivity contribution >= 4 is 21.4 Å². The first-order chi connectivity index (χ1) is 14.8. The highest BCUT2D eigenvalue weighted by Gasteiger charge is 2.28. The van der Waals surface area contributed by atoms with Gasteiger partial charge in [-0.1, -0.05) is 30.3 Å². The van der Waals surface area contributed by atoms with Gasteiger partial charge in [-0.05, 0) is 48.4 Å². The summed E-state index contributed by atoms with van der Waals surface area (Å²) < 4.78 is 28.9. The fourth-order valence-electron chi connectivity index (χ4n) is 3.98. The summed E-state index contributed by atoms with van der Waals surface area (Å²) in [5.74, 6) is -0.620. The number of hydrogen-bond donors (Lipinski definition) is 3. The molecule has 0 saturated carbocycles. The second-order valence-electron chi connectivity index (χ2n) is 7.90. The minimum atomic E-state index is -3.95. The second-order valence-corrected chi connectivity index (χ2v) is 10.6. The lowest BCUT2D eigenvalue weighted by atomic mass is 10.00. The second kappa shape index (κ2) is 9.00. The van der Waals surface area contributed by atoms with Crippen LogP contribution in [0.25, 0.3) is 11.1 Å². The van der Waals surface area contributed by atoms with Crippen LogP contribution < -0.4 is 4.72 Å². The Morgan fingerprint density at radius 3 is 2.45 bits per heavy atom. The predicted molar refractivity (Wildman–Crippen MR) is 123 cm³/mol. The molecule has 31 heavy (non-hydrogen) atoms. The van der Waals surface area contributed by atoms with E-state index >= 15 is 0 Å². The minimum Gasteiger partial charge on any atom is -0.507 e. The third kappa shape index (κ3) is 4.93. The van der Waals surface area contributed by atoms with Crippen molar-refractivity contribution in [2.24, 2.45) is 0 Å². The van der Waals surface area contributed by atoms with Crippen molar-refractivity contribution in [3.63, 3.8) is 0 Å². The van der Waals surface area contributed by atoms with E-state index < -0.39 is 15.8 Å². The lowest BCUT2D eigenvalue weighted by Crippen LogP contribution is -2.44. The molecule has 0 atom stereocenters. The maximum Gasteiger partial charge on any atom is 0.244 e. The molecule has 4 rings (SSSR count). The number of piperidine rings is 1. The molecule has 3 aromatic rings. The smallest absolute Gasteiger partial charge is 0.244 e. The third-order valence-electron chi connectivity index (χ3n) is 5.67. The number of aryl methyl sites for hydroxylation is 1. The number of benzene rings is 2. The quantitative estimate of drug-likeness (QED) is 0.518. The topological polar surface area (TPSA) is 89.9 Å². The van der Waals surface area contributed by atoms with E-state index in [9.17, 15) is 18.6 Å². The largest absolute Gasteiger partial charge is 0.507 e. The minimum absolute atomic E-state index is 0.160. The van der Waals surface area contributed by atoms with Crippen LogP contribution in [0.4, 0.5) is 0 Å². The molecule has 2 aromatic carbocycles. The van der Waals surface area contributed by atoms with E-state index in [1.54, 1.807) is 11.3 Å². The molecule has 0 amide bonds. The van der Waals surface area contributed by atoms with Gasteiger partial charge >= 0.3 is 0 Å². The Bertz CT molecular complexity index is 1150. The van der Waals surface area contributed by atoms with E-state index in [4.69, 9.17) is 0 Å². The van der Waals surface area contributed by atoms with Gasteiger partial charge in [0.05, 0.1) is 0 Å². The van der Waals surface area contributed by atoms with Gasteiger partial charge in [-0.2, -0.15) is 0 Å². The van der Waals surface area contributed by atoms with Crippen molar-refractivity contribution < 1.29 is 18.6 Å². The van der Waals surface area contributed by atoms with E-state index in [0.717, 1.165) is 36.8 Å². The zero-order valence-corrected chi connectivity index (χ0v) is 18.9. The Labute approximate surface area is 186 Å². The first kappa shape index (κ1) is 21.8. The number of nitrogens with zero attached hydrogens (tertiary/aromatic N) is 1. The van der Waals surface area contributed by atoms with E-state index in [2.05, 4.69) is 21.1 Å². The van der Waals surface area contributed by atoms with Crippen molar-refractivity contribution in [1.82, 2.24) is 9.62 Å². The van der Waals surface area contributed by atoms with Crippen LogP contribution in [0, 0.1) is 6.92 Å². The van der Waals surface area contributed by atoms with Crippen molar-refractivity contribution in [1.29, 1.82) is 0 Å². The molecule has 0 bridgehead atoms. The summed E-state index contributed by atoms with van der Waals surface area (Å²) in [6.07, 6.45) is 1.40. The van der Waals surface area contributed by atoms with Crippen LogP contribution in [-0.4, -0.2) is 42.7 Å². The fourth-order valence-corrected chi connectivity index (χ4v) is 6.13. The maximum atomic E-state index is 13.1. The molecular weight excluding hydrogens is 432 g/mol. The first-order valence-electron chi connectivity index (χ1n) is 10.2. The molecule has 2 heterocycles. The normalized spacial score (nSPS) is 15.9. The maximum absolute atomic E-state index is 13.1. The number of hydrogen-bond acceptors (Lipinski definition) is 6. The van der Waals surface area contributed by atoms with Gasteiger partial charge in [0, 0.05) is 42.2 Å². The Morgan fingerprint density at radius 2 is 1.77 bits per heavy atom. The Hall–Kier alpha value is -2.39. The van der Waals surface area contributed by atoms with E-state index in [1.807, 2.05) is 37.3 Å². The molecule has 0 unspecified atom stereocenters. The van der Waals surface area contributed by atoms with Crippen molar-refractivity contribution in [2.45, 2.75) is 37.2 Å². The highest BCUT2D eigenvalue weighted by atomic mass is 32.2. The molecule has 0 aliphatic carbocycles. The van der Waals surface area contributed by atoms with Crippen LogP contribution in [0.3, 0.4) is 0 Å². The summed E-state index contributed by atoms with van der Waals surface area (Å²) in [7, 11) is -3.95. The van der Waals surface area contributed by atoms with Gasteiger partial charge in [-0.3, -0.25) is 4.90 Å². The van der Waals surface area contributed by atoms with Gasteiger partial charge in [0.2, 0.25) is 10.0 Å². The van der Waals surface area contributed by atoms with Crippen LogP contribution in [0.15, 0.2) is 58.8 Å². The number of phenols is 2. The molecule has 1 aromatic heterocycles. The van der Waals surface area contributed by atoms with Crippen molar-refractivity contribution in [3.05, 3.63) is 64.4 Å². The zero-order chi connectivity index (χ0) is 22.0. The van der Waals surface area contributed by atoms with Gasteiger partial charge < -0.3 is 10.2 Å². The van der Waals surface area contributed by atoms with Gasteiger partial charge in [0.25, 0.3) is 0 Å². The summed E-state index contributed by atoms with van der Waals surface area (Å²) in [4.78, 5) is 3.41. The SMILES string of the molecule is Cc1ccccc1-c1cc(S(=O)(=O)NC2CCN(Cc3cccs3)CC2)c(O)cc1O. The average Bonchev–Trinajstić information content (AvgIpc) is 3.23. The molecule has 164 valence electrons. The number of sulfonamides is 1. The third-order valence-corrected chi connectivity index (χ3v) is 8.08. The molecule has 1 saturated heterocycles. The van der Waals surface area contributed by atoms with E-state index in [-0.39, 0.29) is 16.7 Å². The molecule has 1 aliphatic rings. The van der Waals surface area contributed by atoms with Gasteiger partial charge in [-0.25, -0.2) is 13.1 Å². The number of rotatable bonds is 6. The molecule has 3 N–H and O–H groups in total. The van der Waals surface area contributed by atoms with E-state index in [1.165, 1.54) is 10.9 Å². The van der Waals surface area contributed by atoms with Crippen LogP contribution in [0.5, 0.6) is 11.5 Å². The molecule has 0 spiro atoms. The summed E-state index contributed by atoms with van der Waals surface area (Å²) >= 11 is 1.73. The molecule has 6 nitrogen and oxygen atoms in total. The van der Waals surface area contributed by atoms with Crippen molar-refractivity contribution in [3.8, 4) is 22.6 Å². The zero-order valence-electron chi connectivity index (χ0n) is 17.3. The molecule has 0 radical (unpaired) electrons. The number of nitrogens with one attached hydrogen (secondary N) is 1. The lowest BCUT2D eigenvalue weighted by Gasteiger charge is -2.32. The van der Waals surface area contributed by atoms with Crippen LogP contribution in [0.1, 0.15) is 23.3 Å². The Kier molecular flexibility index (Phi) is 6.34. The molecule has 8 heteroatoms. The van der Waals surface area contributed by atoms with Crippen LogP contribution in [-0.2, 0) is 16.6 Å². The fraction of sp³-hybridized carbons (Fsp3) is 0.304.